The minimum Gasteiger partial charge on any atom is -0.453 e. The van der Waals surface area contributed by atoms with Crippen LogP contribution in [0.2, 0.25) is 0 Å². The van der Waals surface area contributed by atoms with Crippen molar-refractivity contribution in [3.05, 3.63) is 11.6 Å². The minimum absolute atomic E-state index is 0.0117. The second-order valence-corrected chi connectivity index (χ2v) is 18.7. The number of piperidine rings is 1. The molecule has 14 unspecified atom stereocenters. The number of aliphatic hydroxyl groups excluding tert-OH is 2. The molecule has 28 heteroatoms. The number of methoxy groups -OCH3 is 2. The number of hydrogen-bond acceptors (Lipinski definition) is 19. The van der Waals surface area contributed by atoms with Gasteiger partial charge in [-0.2, -0.15) is 8.42 Å². The van der Waals surface area contributed by atoms with Gasteiger partial charge in [0.05, 0.1) is 18.8 Å². The van der Waals surface area contributed by atoms with Gasteiger partial charge in [0.15, 0.2) is 36.2 Å². The largest absolute Gasteiger partial charge is 0.453 e. The van der Waals surface area contributed by atoms with Crippen LogP contribution in [0.3, 0.4) is 0 Å². The zero-order chi connectivity index (χ0) is 51.0. The molecule has 27 nitrogen and oxygen atoms in total. The highest BCUT2D eigenvalue weighted by Crippen LogP contribution is 2.48. The normalized spacial score (nSPS) is 31.0. The lowest BCUT2D eigenvalue weighted by Gasteiger charge is -2.58. The molecule has 2 bridgehead atoms. The maximum Gasteiger partial charge on any atom is 0.408 e. The van der Waals surface area contributed by atoms with Crippen LogP contribution in [0.4, 0.5) is 9.59 Å². The Hall–Kier alpha value is -4.94. The van der Waals surface area contributed by atoms with Gasteiger partial charge in [0, 0.05) is 46.7 Å². The summed E-state index contributed by atoms with van der Waals surface area (Å²) in [6, 6.07) is -6.12. The van der Waals surface area contributed by atoms with Crippen LogP contribution < -0.4 is 27.4 Å². The zero-order valence-corrected chi connectivity index (χ0v) is 39.9. The summed E-state index contributed by atoms with van der Waals surface area (Å²) in [4.78, 5) is 85.2. The number of ether oxygens (including phenoxy) is 7. The molecule has 69 heavy (non-hydrogen) atoms. The second-order valence-electron chi connectivity index (χ2n) is 17.6. The molecular formula is C41H66N8O19S. The smallest absolute Gasteiger partial charge is 0.408 e. The van der Waals surface area contributed by atoms with Crippen LogP contribution in [0.1, 0.15) is 72.1 Å². The summed E-state index contributed by atoms with van der Waals surface area (Å²) < 4.78 is 76.2. The summed E-state index contributed by atoms with van der Waals surface area (Å²) in [5, 5.41) is 39.4. The molecule has 4 aliphatic heterocycles. The van der Waals surface area contributed by atoms with Crippen molar-refractivity contribution in [3.8, 4) is 0 Å². The number of rotatable bonds is 23. The Morgan fingerprint density at radius 2 is 1.83 bits per heavy atom. The standard InChI is InChI=1S/C41H66N8O19S/c1-6-8-9-10-26(50)66-31-30(67-39(44)56)29(51)24(18-61-4)65-37(31)64-22-15-23-33(52)41(16-22)32(47-40(57)68-41)28(35(54)45-13-11-21-12-14-48(17-21)38(42)43)49(23)36(55)27(20(3)7-2)46-34(53)25(62-5)19-63-69(58,59)60/h12,20,22-25,27-33,37,51-52H,6-11,13-19H2,1-5H3,(H3,42,43)(H2,44,56)(H,45,54)(H,46,53)(H,47,57)(H,58,59,60). The molecule has 390 valence electrons. The van der Waals surface area contributed by atoms with Gasteiger partial charge in [-0.05, 0) is 25.2 Å². The van der Waals surface area contributed by atoms with E-state index in [2.05, 4.69) is 20.1 Å². The highest BCUT2D eigenvalue weighted by atomic mass is 32.3. The van der Waals surface area contributed by atoms with Crippen LogP contribution in [0.25, 0.3) is 0 Å². The van der Waals surface area contributed by atoms with Gasteiger partial charge in [0.2, 0.25) is 11.8 Å². The monoisotopic (exact) mass is 1010 g/mol. The predicted molar refractivity (Wildman–Crippen MR) is 235 cm³/mol. The highest BCUT2D eigenvalue weighted by Gasteiger charge is 2.70. The van der Waals surface area contributed by atoms with E-state index in [0.29, 0.717) is 32.4 Å². The number of nitrogens with one attached hydrogen (secondary N) is 4. The van der Waals surface area contributed by atoms with Crippen LogP contribution in [0.5, 0.6) is 0 Å². The van der Waals surface area contributed by atoms with E-state index in [4.69, 9.17) is 54.6 Å². The number of unbranched alkanes of at least 4 members (excludes halogenated alkanes) is 2. The fourth-order valence-electron chi connectivity index (χ4n) is 9.41. The molecule has 0 radical (unpaired) electrons. The number of aliphatic hydroxyl groups is 2. The first-order chi connectivity index (χ1) is 32.6. The van der Waals surface area contributed by atoms with E-state index in [9.17, 15) is 42.6 Å². The quantitative estimate of drug-likeness (QED) is 0.00984. The Bertz CT molecular complexity index is 2030. The predicted octanol–water partition coefficient (Wildman–Crippen LogP) is -2.35. The van der Waals surface area contributed by atoms with E-state index in [1.165, 1.54) is 7.11 Å². The van der Waals surface area contributed by atoms with Crippen LogP contribution >= 0.6 is 0 Å². The third-order valence-corrected chi connectivity index (χ3v) is 13.5. The van der Waals surface area contributed by atoms with Crippen LogP contribution in [0.15, 0.2) is 11.6 Å². The van der Waals surface area contributed by atoms with Gasteiger partial charge in [0.25, 0.3) is 5.91 Å². The average molecular weight is 1010 g/mol. The molecule has 1 saturated carbocycles. The van der Waals surface area contributed by atoms with E-state index < -0.39 is 138 Å². The Labute approximate surface area is 398 Å². The van der Waals surface area contributed by atoms with Gasteiger partial charge in [-0.1, -0.05) is 51.7 Å². The molecule has 5 amide bonds. The summed E-state index contributed by atoms with van der Waals surface area (Å²) >= 11 is 0. The van der Waals surface area contributed by atoms with Crippen LogP contribution in [-0.2, 0) is 66.9 Å². The van der Waals surface area contributed by atoms with Crippen molar-refractivity contribution in [2.75, 3.05) is 47.1 Å². The van der Waals surface area contributed by atoms with E-state index in [-0.39, 0.29) is 44.8 Å². The molecule has 0 aromatic carbocycles. The molecular weight excluding hydrogens is 941 g/mol. The Morgan fingerprint density at radius 1 is 1.10 bits per heavy atom. The van der Waals surface area contributed by atoms with Crippen molar-refractivity contribution < 1.29 is 89.3 Å². The Balaban J connectivity index is 1.55. The van der Waals surface area contributed by atoms with Crippen molar-refractivity contribution in [2.45, 2.75) is 151 Å². The number of guanidine groups is 1. The lowest BCUT2D eigenvalue weighted by Crippen LogP contribution is -2.80. The van der Waals surface area contributed by atoms with Gasteiger partial charge in [-0.25, -0.2) is 13.8 Å². The maximum absolute atomic E-state index is 15.3. The van der Waals surface area contributed by atoms with Gasteiger partial charge in [0.1, 0.15) is 43.0 Å². The third-order valence-electron chi connectivity index (χ3n) is 13.1. The maximum atomic E-state index is 15.3. The Morgan fingerprint density at radius 3 is 2.43 bits per heavy atom. The van der Waals surface area contributed by atoms with Gasteiger partial charge in [-0.3, -0.25) is 29.1 Å². The molecule has 5 rings (SSSR count). The van der Waals surface area contributed by atoms with Gasteiger partial charge in [-0.15, -0.1) is 0 Å². The molecule has 11 N–H and O–H groups in total. The fraction of sp³-hybridized carbons (Fsp3) is 0.780. The van der Waals surface area contributed by atoms with E-state index in [0.717, 1.165) is 24.0 Å². The molecule has 4 heterocycles. The number of alkyl carbamates (subject to hydrolysis) is 1. The molecule has 0 aromatic heterocycles. The number of primary amides is 1. The van der Waals surface area contributed by atoms with E-state index in [1.54, 1.807) is 18.7 Å². The highest BCUT2D eigenvalue weighted by molar-refractivity contribution is 7.80. The Kier molecular flexibility index (Phi) is 19.0. The number of carbonyl (C=O) groups excluding carboxylic acids is 6. The van der Waals surface area contributed by atoms with E-state index >= 15 is 4.79 Å². The molecule has 0 aromatic rings. The molecule has 1 spiro atoms. The second kappa shape index (κ2) is 23.8. The summed E-state index contributed by atoms with van der Waals surface area (Å²) in [6.45, 7) is 4.70. The molecule has 5 aliphatic rings. The first-order valence-electron chi connectivity index (χ1n) is 22.7. The van der Waals surface area contributed by atoms with Crippen LogP contribution in [-0.4, -0.2) is 201 Å². The van der Waals surface area contributed by atoms with E-state index in [1.807, 2.05) is 13.0 Å². The number of esters is 1. The zero-order valence-electron chi connectivity index (χ0n) is 39.1. The lowest BCUT2D eigenvalue weighted by molar-refractivity contribution is -0.323. The number of carbonyl (C=O) groups is 6. The van der Waals surface area contributed by atoms with Crippen molar-refractivity contribution in [2.24, 2.45) is 17.4 Å². The first kappa shape index (κ1) is 55.0. The summed E-state index contributed by atoms with van der Waals surface area (Å²) in [5.74, 6) is -4.40. The number of likely N-dealkylation sites (tertiary alicyclic amines) is 1. The van der Waals surface area contributed by atoms with Crippen molar-refractivity contribution in [1.82, 2.24) is 25.8 Å². The molecule has 4 fully saturated rings. The van der Waals surface area contributed by atoms with Crippen molar-refractivity contribution >= 4 is 52.2 Å². The minimum atomic E-state index is -5.03. The molecule has 3 saturated heterocycles. The average Bonchev–Trinajstić information content (AvgIpc) is 3.89. The van der Waals surface area contributed by atoms with Crippen molar-refractivity contribution in [1.29, 1.82) is 5.41 Å². The number of nitrogens with zero attached hydrogens (tertiary/aromatic N) is 2. The first-order valence-corrected chi connectivity index (χ1v) is 24.1. The molecule has 1 aliphatic carbocycles. The summed E-state index contributed by atoms with van der Waals surface area (Å²) in [7, 11) is -2.66. The fourth-order valence-corrected chi connectivity index (χ4v) is 9.70. The topological polar surface area (TPSA) is 390 Å². The SMILES string of the molecule is CCCCCC(=O)OC1C(OC2CC3C(O)C4(C2)OC(=O)NC4C(C(=O)NCCC2=CCN(C(=N)N)C2)N3C(=O)C(NC(=O)C(COS(=O)(=O)O)OC)C(C)CC)OC(COC)C(O)C1OC(N)=O. The number of fused-ring (bicyclic) bond motifs is 1. The number of nitrogens with two attached hydrogens (primary N) is 2. The third kappa shape index (κ3) is 13.1. The number of hydrogen-bond donors (Lipinski definition) is 9. The lowest BCUT2D eigenvalue weighted by atomic mass is 9.66. The summed E-state index contributed by atoms with van der Waals surface area (Å²) in [5.41, 5.74) is 9.91. The summed E-state index contributed by atoms with van der Waals surface area (Å²) in [6.07, 6.45) is -11.4. The van der Waals surface area contributed by atoms with Gasteiger partial charge < -0.3 is 80.6 Å². The van der Waals surface area contributed by atoms with Gasteiger partial charge >= 0.3 is 28.6 Å². The van der Waals surface area contributed by atoms with Crippen LogP contribution in [0, 0.1) is 11.3 Å². The molecule has 14 atom stereocenters. The number of amides is 5. The van der Waals surface area contributed by atoms with Crippen molar-refractivity contribution in [3.63, 3.8) is 0 Å².